The standard InChI is InChI=1S/C21H21F2N5O3S/c22-17-6-7-18(23)19(12-17)32(30,31)28-10-8-16(9-11-28)20(29)25-21-24-14-27(26-21)13-15-4-2-1-3-5-15/h1-7,12,14,16H,8-11,13H2,(H,25,26,29). The van der Waals surface area contributed by atoms with E-state index in [0.29, 0.717) is 12.6 Å². The fourth-order valence-corrected chi connectivity index (χ4v) is 5.13. The van der Waals surface area contributed by atoms with Crippen LogP contribution in [0.25, 0.3) is 0 Å². The highest BCUT2D eigenvalue weighted by Gasteiger charge is 2.34. The van der Waals surface area contributed by atoms with Crippen LogP contribution in [0.4, 0.5) is 14.7 Å². The zero-order valence-corrected chi connectivity index (χ0v) is 17.8. The Hall–Kier alpha value is -3.18. The molecule has 1 aliphatic rings. The van der Waals surface area contributed by atoms with Crippen LogP contribution in [-0.4, -0.2) is 46.5 Å². The maximum atomic E-state index is 14.0. The van der Waals surface area contributed by atoms with Gasteiger partial charge in [0.05, 0.1) is 6.54 Å². The second-order valence-electron chi connectivity index (χ2n) is 7.49. The van der Waals surface area contributed by atoms with Crippen LogP contribution in [-0.2, 0) is 21.4 Å². The number of piperidine rings is 1. The van der Waals surface area contributed by atoms with Gasteiger partial charge in [-0.05, 0) is 36.6 Å². The van der Waals surface area contributed by atoms with Crippen LogP contribution in [0, 0.1) is 17.6 Å². The fourth-order valence-electron chi connectivity index (χ4n) is 3.58. The molecule has 3 aromatic rings. The molecule has 0 bridgehead atoms. The third kappa shape index (κ3) is 4.83. The van der Waals surface area contributed by atoms with E-state index in [2.05, 4.69) is 15.4 Å². The van der Waals surface area contributed by atoms with E-state index in [1.54, 1.807) is 4.68 Å². The summed E-state index contributed by atoms with van der Waals surface area (Å²) in [6, 6.07) is 12.0. The first kappa shape index (κ1) is 22.0. The van der Waals surface area contributed by atoms with Crippen molar-refractivity contribution in [2.45, 2.75) is 24.3 Å². The Bertz CT molecular complexity index is 1210. The van der Waals surface area contributed by atoms with Crippen molar-refractivity contribution in [3.05, 3.63) is 72.1 Å². The Morgan fingerprint density at radius 1 is 1.09 bits per heavy atom. The van der Waals surface area contributed by atoms with E-state index < -0.39 is 32.5 Å². The van der Waals surface area contributed by atoms with Gasteiger partial charge in [0.15, 0.2) is 0 Å². The van der Waals surface area contributed by atoms with Gasteiger partial charge >= 0.3 is 0 Å². The number of rotatable bonds is 6. The van der Waals surface area contributed by atoms with E-state index in [1.807, 2.05) is 30.3 Å². The molecule has 4 rings (SSSR count). The number of carbonyl (C=O) groups excluding carboxylic acids is 1. The summed E-state index contributed by atoms with van der Waals surface area (Å²) in [6.07, 6.45) is 2.00. The van der Waals surface area contributed by atoms with Gasteiger partial charge in [-0.25, -0.2) is 26.9 Å². The van der Waals surface area contributed by atoms with Crippen molar-refractivity contribution in [1.82, 2.24) is 19.1 Å². The van der Waals surface area contributed by atoms with Crippen molar-refractivity contribution in [1.29, 1.82) is 0 Å². The number of hydrogen-bond donors (Lipinski definition) is 1. The van der Waals surface area contributed by atoms with Crippen LogP contribution in [0.15, 0.2) is 59.8 Å². The average molecular weight is 461 g/mol. The van der Waals surface area contributed by atoms with Gasteiger partial charge in [-0.3, -0.25) is 10.1 Å². The Morgan fingerprint density at radius 2 is 1.81 bits per heavy atom. The lowest BCUT2D eigenvalue weighted by Crippen LogP contribution is -2.41. The van der Waals surface area contributed by atoms with Gasteiger partial charge in [-0.15, -0.1) is 5.10 Å². The lowest BCUT2D eigenvalue weighted by molar-refractivity contribution is -0.121. The summed E-state index contributed by atoms with van der Waals surface area (Å²) >= 11 is 0. The van der Waals surface area contributed by atoms with E-state index in [1.165, 1.54) is 6.33 Å². The normalized spacial score (nSPS) is 15.6. The number of benzene rings is 2. The van der Waals surface area contributed by atoms with Gasteiger partial charge in [0.1, 0.15) is 22.9 Å². The molecular weight excluding hydrogens is 440 g/mol. The molecule has 0 radical (unpaired) electrons. The molecule has 1 fully saturated rings. The summed E-state index contributed by atoms with van der Waals surface area (Å²) in [6.45, 7) is 0.551. The first-order chi connectivity index (χ1) is 15.3. The van der Waals surface area contributed by atoms with E-state index >= 15 is 0 Å². The predicted octanol–water partition coefficient (Wildman–Crippen LogP) is 2.64. The smallest absolute Gasteiger partial charge is 0.248 e. The molecule has 0 saturated carbocycles. The van der Waals surface area contributed by atoms with Crippen LogP contribution < -0.4 is 5.32 Å². The lowest BCUT2D eigenvalue weighted by atomic mass is 9.97. The fraction of sp³-hybridized carbons (Fsp3) is 0.286. The Morgan fingerprint density at radius 3 is 2.53 bits per heavy atom. The summed E-state index contributed by atoms with van der Waals surface area (Å²) in [4.78, 5) is 16.0. The molecule has 1 aromatic heterocycles. The van der Waals surface area contributed by atoms with Crippen molar-refractivity contribution in [3.63, 3.8) is 0 Å². The molecule has 168 valence electrons. The van der Waals surface area contributed by atoms with E-state index in [9.17, 15) is 22.0 Å². The summed E-state index contributed by atoms with van der Waals surface area (Å²) in [5.41, 5.74) is 1.04. The van der Waals surface area contributed by atoms with Crippen LogP contribution in [0.3, 0.4) is 0 Å². The molecule has 0 aliphatic carbocycles. The van der Waals surface area contributed by atoms with Crippen LogP contribution >= 0.6 is 0 Å². The number of carbonyl (C=O) groups is 1. The SMILES string of the molecule is O=C(Nc1ncn(Cc2ccccc2)n1)C1CCN(S(=O)(=O)c2cc(F)ccc2F)CC1. The molecule has 1 aliphatic heterocycles. The highest BCUT2D eigenvalue weighted by atomic mass is 32.2. The lowest BCUT2D eigenvalue weighted by Gasteiger charge is -2.30. The highest BCUT2D eigenvalue weighted by molar-refractivity contribution is 7.89. The zero-order chi connectivity index (χ0) is 22.7. The molecule has 1 amide bonds. The molecule has 11 heteroatoms. The van der Waals surface area contributed by atoms with Gasteiger partial charge in [-0.2, -0.15) is 4.31 Å². The van der Waals surface area contributed by atoms with Gasteiger partial charge in [-0.1, -0.05) is 30.3 Å². The second kappa shape index (κ2) is 9.13. The maximum absolute atomic E-state index is 14.0. The summed E-state index contributed by atoms with van der Waals surface area (Å²) < 4.78 is 55.4. The molecule has 2 aromatic carbocycles. The summed E-state index contributed by atoms with van der Waals surface area (Å²) in [5, 5.41) is 6.90. The number of sulfonamides is 1. The van der Waals surface area contributed by atoms with E-state index in [4.69, 9.17) is 0 Å². The topological polar surface area (TPSA) is 97.2 Å². The number of nitrogens with zero attached hydrogens (tertiary/aromatic N) is 4. The zero-order valence-electron chi connectivity index (χ0n) is 17.0. The predicted molar refractivity (Wildman–Crippen MR) is 112 cm³/mol. The van der Waals surface area contributed by atoms with Gasteiger partial charge in [0.25, 0.3) is 0 Å². The number of hydrogen-bond acceptors (Lipinski definition) is 5. The number of aromatic nitrogens is 3. The molecule has 2 heterocycles. The summed E-state index contributed by atoms with van der Waals surface area (Å²) in [5.74, 6) is -2.43. The molecule has 0 atom stereocenters. The Balaban J connectivity index is 1.34. The summed E-state index contributed by atoms with van der Waals surface area (Å²) in [7, 11) is -4.19. The largest absolute Gasteiger partial charge is 0.293 e. The van der Waals surface area contributed by atoms with Gasteiger partial charge in [0.2, 0.25) is 21.9 Å². The molecule has 1 saturated heterocycles. The molecule has 8 nitrogen and oxygen atoms in total. The maximum Gasteiger partial charge on any atom is 0.248 e. The number of nitrogens with one attached hydrogen (secondary N) is 1. The van der Waals surface area contributed by atoms with Crippen molar-refractivity contribution in [2.24, 2.45) is 5.92 Å². The van der Waals surface area contributed by atoms with E-state index in [-0.39, 0.29) is 37.8 Å². The Labute approximate surface area is 183 Å². The first-order valence-corrected chi connectivity index (χ1v) is 11.5. The first-order valence-electron chi connectivity index (χ1n) is 10.0. The number of halogens is 2. The van der Waals surface area contributed by atoms with Gasteiger partial charge in [0, 0.05) is 19.0 Å². The van der Waals surface area contributed by atoms with Crippen LogP contribution in [0.5, 0.6) is 0 Å². The van der Waals surface area contributed by atoms with Crippen molar-refractivity contribution in [3.8, 4) is 0 Å². The van der Waals surface area contributed by atoms with Crippen LogP contribution in [0.2, 0.25) is 0 Å². The molecule has 0 unspecified atom stereocenters. The number of anilines is 1. The quantitative estimate of drug-likeness (QED) is 0.609. The third-order valence-corrected chi connectivity index (χ3v) is 7.21. The third-order valence-electron chi connectivity index (χ3n) is 5.29. The number of amides is 1. The second-order valence-corrected chi connectivity index (χ2v) is 9.40. The minimum atomic E-state index is -4.19. The monoisotopic (exact) mass is 461 g/mol. The Kier molecular flexibility index (Phi) is 6.28. The molecular formula is C21H21F2N5O3S. The molecule has 32 heavy (non-hydrogen) atoms. The highest BCUT2D eigenvalue weighted by Crippen LogP contribution is 2.26. The average Bonchev–Trinajstić information content (AvgIpc) is 3.22. The van der Waals surface area contributed by atoms with Crippen LogP contribution in [0.1, 0.15) is 18.4 Å². The molecule has 1 N–H and O–H groups in total. The molecule has 0 spiro atoms. The van der Waals surface area contributed by atoms with Crippen molar-refractivity contribution in [2.75, 3.05) is 18.4 Å². The van der Waals surface area contributed by atoms with E-state index in [0.717, 1.165) is 22.0 Å². The minimum absolute atomic E-state index is 0.0201. The van der Waals surface area contributed by atoms with Crippen molar-refractivity contribution >= 4 is 21.9 Å². The van der Waals surface area contributed by atoms with Crippen molar-refractivity contribution < 1.29 is 22.0 Å². The minimum Gasteiger partial charge on any atom is -0.293 e. The van der Waals surface area contributed by atoms with Gasteiger partial charge < -0.3 is 0 Å².